The van der Waals surface area contributed by atoms with Crippen LogP contribution in [0.5, 0.6) is 0 Å². The van der Waals surface area contributed by atoms with Crippen LogP contribution in [0.15, 0.2) is 0 Å². The highest BCUT2D eigenvalue weighted by atomic mass is 16.5. The average molecular weight is 298 g/mol. The molecule has 2 heterocycles. The van der Waals surface area contributed by atoms with Crippen molar-refractivity contribution in [3.8, 4) is 0 Å². The largest absolute Gasteiger partial charge is 0.393 e. The van der Waals surface area contributed by atoms with Gasteiger partial charge in [0.2, 0.25) is 0 Å². The van der Waals surface area contributed by atoms with Crippen molar-refractivity contribution in [2.75, 3.05) is 39.4 Å². The van der Waals surface area contributed by atoms with E-state index in [1.165, 1.54) is 0 Å². The first kappa shape index (κ1) is 17.2. The topological polar surface area (TPSA) is 44.7 Å². The third-order valence-corrected chi connectivity index (χ3v) is 5.05. The first-order chi connectivity index (χ1) is 9.80. The second-order valence-corrected chi connectivity index (χ2v) is 8.28. The maximum Gasteiger partial charge on any atom is 0.0590 e. The van der Waals surface area contributed by atoms with Gasteiger partial charge in [0.1, 0.15) is 0 Å². The van der Waals surface area contributed by atoms with Crippen molar-refractivity contribution in [3.05, 3.63) is 0 Å². The van der Waals surface area contributed by atoms with Gasteiger partial charge in [-0.15, -0.1) is 0 Å². The predicted molar refractivity (Wildman–Crippen MR) is 86.5 cm³/mol. The monoisotopic (exact) mass is 298 g/mol. The predicted octanol–water partition coefficient (Wildman–Crippen LogP) is 1.87. The SMILES string of the molecule is CC1CN(CC2(CNC(C)(C)C)CCOCC2)CCC1O. The summed E-state index contributed by atoms with van der Waals surface area (Å²) in [6.45, 7) is 14.9. The molecule has 2 aliphatic rings. The third kappa shape index (κ3) is 5.20. The van der Waals surface area contributed by atoms with Gasteiger partial charge in [-0.05, 0) is 51.4 Å². The van der Waals surface area contributed by atoms with Crippen LogP contribution in [0.4, 0.5) is 0 Å². The molecule has 0 radical (unpaired) electrons. The van der Waals surface area contributed by atoms with Crippen molar-refractivity contribution in [2.45, 2.75) is 58.6 Å². The zero-order valence-corrected chi connectivity index (χ0v) is 14.3. The summed E-state index contributed by atoms with van der Waals surface area (Å²) in [6.07, 6.45) is 3.09. The van der Waals surface area contributed by atoms with Crippen molar-refractivity contribution in [1.82, 2.24) is 10.2 Å². The van der Waals surface area contributed by atoms with Crippen molar-refractivity contribution >= 4 is 0 Å². The molecule has 21 heavy (non-hydrogen) atoms. The van der Waals surface area contributed by atoms with Gasteiger partial charge < -0.3 is 20.1 Å². The minimum absolute atomic E-state index is 0.111. The number of piperidine rings is 1. The van der Waals surface area contributed by atoms with E-state index in [-0.39, 0.29) is 11.6 Å². The summed E-state index contributed by atoms with van der Waals surface area (Å²) in [5.74, 6) is 0.395. The van der Waals surface area contributed by atoms with Gasteiger partial charge in [-0.2, -0.15) is 0 Å². The molecule has 0 aromatic heterocycles. The number of hydrogen-bond donors (Lipinski definition) is 2. The van der Waals surface area contributed by atoms with Crippen LogP contribution in [-0.2, 0) is 4.74 Å². The maximum absolute atomic E-state index is 9.92. The maximum atomic E-state index is 9.92. The summed E-state index contributed by atoms with van der Waals surface area (Å²) in [6, 6.07) is 0. The van der Waals surface area contributed by atoms with E-state index in [9.17, 15) is 5.11 Å². The van der Waals surface area contributed by atoms with Crippen molar-refractivity contribution in [2.24, 2.45) is 11.3 Å². The minimum Gasteiger partial charge on any atom is -0.393 e. The highest BCUT2D eigenvalue weighted by Gasteiger charge is 2.37. The van der Waals surface area contributed by atoms with E-state index in [1.54, 1.807) is 0 Å². The Morgan fingerprint density at radius 2 is 1.95 bits per heavy atom. The molecule has 0 aliphatic carbocycles. The molecule has 2 rings (SSSR count). The Kier molecular flexibility index (Phi) is 5.69. The van der Waals surface area contributed by atoms with Crippen molar-refractivity contribution in [3.63, 3.8) is 0 Å². The molecule has 2 N–H and O–H groups in total. The van der Waals surface area contributed by atoms with Gasteiger partial charge in [-0.1, -0.05) is 6.92 Å². The second-order valence-electron chi connectivity index (χ2n) is 8.28. The Hall–Kier alpha value is -0.160. The zero-order valence-electron chi connectivity index (χ0n) is 14.3. The normalized spacial score (nSPS) is 31.3. The van der Waals surface area contributed by atoms with Gasteiger partial charge in [0.15, 0.2) is 0 Å². The highest BCUT2D eigenvalue weighted by molar-refractivity contribution is 4.91. The molecule has 4 heteroatoms. The number of rotatable bonds is 4. The zero-order chi connectivity index (χ0) is 15.5. The Balaban J connectivity index is 1.95. The molecule has 0 aromatic rings. The van der Waals surface area contributed by atoms with E-state index in [4.69, 9.17) is 4.74 Å². The Bertz CT molecular complexity index is 321. The van der Waals surface area contributed by atoms with Gasteiger partial charge in [0.05, 0.1) is 6.10 Å². The van der Waals surface area contributed by atoms with Crippen molar-refractivity contribution in [1.29, 1.82) is 0 Å². The molecule has 2 saturated heterocycles. The van der Waals surface area contributed by atoms with E-state index in [1.807, 2.05) is 0 Å². The number of hydrogen-bond acceptors (Lipinski definition) is 4. The summed E-state index contributed by atoms with van der Waals surface area (Å²) >= 11 is 0. The van der Waals surface area contributed by atoms with E-state index in [2.05, 4.69) is 37.9 Å². The molecule has 0 bridgehead atoms. The van der Waals surface area contributed by atoms with E-state index < -0.39 is 0 Å². The fraction of sp³-hybridized carbons (Fsp3) is 1.00. The van der Waals surface area contributed by atoms with Crippen LogP contribution in [0.25, 0.3) is 0 Å². The highest BCUT2D eigenvalue weighted by Crippen LogP contribution is 2.33. The van der Waals surface area contributed by atoms with Crippen molar-refractivity contribution < 1.29 is 9.84 Å². The van der Waals surface area contributed by atoms with Crippen LogP contribution in [-0.4, -0.2) is 61.0 Å². The van der Waals surface area contributed by atoms with Gasteiger partial charge in [0, 0.05) is 44.9 Å². The van der Waals surface area contributed by atoms with E-state index in [0.717, 1.165) is 58.7 Å². The molecule has 4 nitrogen and oxygen atoms in total. The van der Waals surface area contributed by atoms with Crippen LogP contribution in [0.1, 0.15) is 47.0 Å². The van der Waals surface area contributed by atoms with Crippen LogP contribution in [0.3, 0.4) is 0 Å². The van der Waals surface area contributed by atoms with Gasteiger partial charge in [0.25, 0.3) is 0 Å². The van der Waals surface area contributed by atoms with Crippen LogP contribution >= 0.6 is 0 Å². The molecule has 0 saturated carbocycles. The lowest BCUT2D eigenvalue weighted by molar-refractivity contribution is -0.0290. The fourth-order valence-electron chi connectivity index (χ4n) is 3.49. The standard InChI is InChI=1S/C17H34N2O2/c1-14-11-19(8-5-15(14)20)13-17(6-9-21-10-7-17)12-18-16(2,3)4/h14-15,18,20H,5-13H2,1-4H3. The molecule has 2 aliphatic heterocycles. The molecule has 124 valence electrons. The molecule has 0 aromatic carbocycles. The van der Waals surface area contributed by atoms with E-state index >= 15 is 0 Å². The lowest BCUT2D eigenvalue weighted by Gasteiger charge is -2.45. The Labute approximate surface area is 130 Å². The third-order valence-electron chi connectivity index (χ3n) is 5.05. The van der Waals surface area contributed by atoms with Gasteiger partial charge in [-0.25, -0.2) is 0 Å². The molecule has 2 atom stereocenters. The number of aliphatic hydroxyl groups is 1. The quantitative estimate of drug-likeness (QED) is 0.832. The van der Waals surface area contributed by atoms with Crippen LogP contribution < -0.4 is 5.32 Å². The smallest absolute Gasteiger partial charge is 0.0590 e. The molecular weight excluding hydrogens is 264 g/mol. The number of nitrogens with one attached hydrogen (secondary N) is 1. The summed E-state index contributed by atoms with van der Waals surface area (Å²) < 4.78 is 5.60. The molecule has 0 amide bonds. The summed E-state index contributed by atoms with van der Waals surface area (Å²) in [5.41, 5.74) is 0.490. The first-order valence-corrected chi connectivity index (χ1v) is 8.53. The molecule has 2 fully saturated rings. The number of likely N-dealkylation sites (tertiary alicyclic amines) is 1. The fourth-order valence-corrected chi connectivity index (χ4v) is 3.49. The average Bonchev–Trinajstić information content (AvgIpc) is 2.41. The molecule has 0 spiro atoms. The lowest BCUT2D eigenvalue weighted by atomic mass is 9.78. The summed E-state index contributed by atoms with van der Waals surface area (Å²) in [4.78, 5) is 2.56. The second kappa shape index (κ2) is 6.95. The molecular formula is C17H34N2O2. The number of ether oxygens (including phenoxy) is 1. The minimum atomic E-state index is -0.111. The van der Waals surface area contributed by atoms with Crippen LogP contribution in [0, 0.1) is 11.3 Å². The number of nitrogens with zero attached hydrogens (tertiary/aromatic N) is 1. The van der Waals surface area contributed by atoms with Crippen LogP contribution in [0.2, 0.25) is 0 Å². The summed E-state index contributed by atoms with van der Waals surface area (Å²) in [7, 11) is 0. The van der Waals surface area contributed by atoms with Gasteiger partial charge >= 0.3 is 0 Å². The number of aliphatic hydroxyl groups excluding tert-OH is 1. The van der Waals surface area contributed by atoms with E-state index in [0.29, 0.717) is 11.3 Å². The molecule has 2 unspecified atom stereocenters. The first-order valence-electron chi connectivity index (χ1n) is 8.53. The summed E-state index contributed by atoms with van der Waals surface area (Å²) in [5, 5.41) is 13.6. The lowest BCUT2D eigenvalue weighted by Crippen LogP contribution is -2.53. The van der Waals surface area contributed by atoms with Gasteiger partial charge in [-0.3, -0.25) is 0 Å². The Morgan fingerprint density at radius 3 is 2.52 bits per heavy atom. The Morgan fingerprint density at radius 1 is 1.29 bits per heavy atom.